The van der Waals surface area contributed by atoms with Crippen LogP contribution in [0.25, 0.3) is 11.0 Å². The van der Waals surface area contributed by atoms with Gasteiger partial charge in [-0.1, -0.05) is 17.2 Å². The van der Waals surface area contributed by atoms with Crippen LogP contribution in [-0.2, 0) is 0 Å². The van der Waals surface area contributed by atoms with Crippen molar-refractivity contribution in [3.8, 4) is 17.2 Å². The lowest BCUT2D eigenvalue weighted by molar-refractivity contribution is 0.299. The maximum atomic E-state index is 11.6. The van der Waals surface area contributed by atoms with Crippen LogP contribution in [0.2, 0.25) is 0 Å². The van der Waals surface area contributed by atoms with Crippen molar-refractivity contribution in [2.75, 3.05) is 27.4 Å². The summed E-state index contributed by atoms with van der Waals surface area (Å²) in [6.45, 7) is 4.34. The predicted octanol–water partition coefficient (Wildman–Crippen LogP) is 3.85. The van der Waals surface area contributed by atoms with Crippen LogP contribution in [0.15, 0.2) is 50.7 Å². The fraction of sp³-hybridized carbons (Fsp3) is 0.381. The number of aliphatic hydroxyl groups is 1. The second-order valence-electron chi connectivity index (χ2n) is 6.22. The van der Waals surface area contributed by atoms with Gasteiger partial charge >= 0.3 is 5.63 Å². The molecular weight excluding hydrogens is 348 g/mol. The Hall–Kier alpha value is -2.73. The molecule has 1 aromatic heterocycles. The van der Waals surface area contributed by atoms with E-state index in [1.54, 1.807) is 19.2 Å². The summed E-state index contributed by atoms with van der Waals surface area (Å²) in [5.41, 5.74) is 2.00. The quantitative estimate of drug-likeness (QED) is 0.530. The average molecular weight is 374 g/mol. The second-order valence-corrected chi connectivity index (χ2v) is 6.22. The average Bonchev–Trinajstić information content (AvgIpc) is 2.67. The Morgan fingerprint density at radius 2 is 1.89 bits per heavy atom. The number of hydrogen-bond donors (Lipinski definition) is 1. The number of rotatable bonds is 9. The maximum absolute atomic E-state index is 11.6. The molecule has 2 rings (SSSR count). The minimum Gasteiger partial charge on any atom is -0.493 e. The van der Waals surface area contributed by atoms with Crippen molar-refractivity contribution in [2.45, 2.75) is 26.7 Å². The van der Waals surface area contributed by atoms with Gasteiger partial charge in [0.25, 0.3) is 0 Å². The molecule has 0 atom stereocenters. The number of hydrogen-bond acceptors (Lipinski definition) is 6. The number of benzene rings is 1. The summed E-state index contributed by atoms with van der Waals surface area (Å²) in [5.74, 6) is 1.22. The summed E-state index contributed by atoms with van der Waals surface area (Å²) in [5, 5.41) is 9.69. The molecule has 146 valence electrons. The van der Waals surface area contributed by atoms with Gasteiger partial charge in [-0.05, 0) is 44.9 Å². The molecule has 0 spiro atoms. The number of methoxy groups -OCH3 is 2. The number of aliphatic hydroxyl groups excluding tert-OH is 1. The highest BCUT2D eigenvalue weighted by molar-refractivity contribution is 5.88. The standard InChI is InChI=1S/C21H26O6/c1-14(6-5-7-15(2)13-22)10-11-26-20-17(24-3)12-16-8-9-18(23)27-19(16)21(20)25-4/h7-10,12,22H,5-6,11,13H2,1-4H3/b14-10+,15-7+. The molecule has 0 saturated carbocycles. The van der Waals surface area contributed by atoms with E-state index in [0.717, 1.165) is 18.4 Å². The summed E-state index contributed by atoms with van der Waals surface area (Å²) in [6, 6.07) is 4.75. The van der Waals surface area contributed by atoms with Gasteiger partial charge < -0.3 is 23.7 Å². The molecule has 1 heterocycles. The molecule has 1 aromatic carbocycles. The SMILES string of the molecule is COc1cc2ccc(=O)oc2c(OC)c1OC/C=C(\C)CC/C=C(\C)CO. The fourth-order valence-electron chi connectivity index (χ4n) is 2.59. The van der Waals surface area contributed by atoms with Crippen LogP contribution in [0.5, 0.6) is 17.2 Å². The van der Waals surface area contributed by atoms with Crippen molar-refractivity contribution >= 4 is 11.0 Å². The van der Waals surface area contributed by atoms with Crippen LogP contribution in [0.3, 0.4) is 0 Å². The first-order valence-electron chi connectivity index (χ1n) is 8.74. The highest BCUT2D eigenvalue weighted by Gasteiger charge is 2.18. The lowest BCUT2D eigenvalue weighted by atomic mass is 10.1. The van der Waals surface area contributed by atoms with Crippen LogP contribution in [0, 0.1) is 0 Å². The lowest BCUT2D eigenvalue weighted by Crippen LogP contribution is -2.02. The van der Waals surface area contributed by atoms with E-state index in [1.807, 2.05) is 26.0 Å². The first-order chi connectivity index (χ1) is 13.0. The van der Waals surface area contributed by atoms with Crippen molar-refractivity contribution in [2.24, 2.45) is 0 Å². The Kier molecular flexibility index (Phi) is 7.49. The van der Waals surface area contributed by atoms with Gasteiger partial charge in [0.05, 0.1) is 20.8 Å². The molecule has 6 heteroatoms. The lowest BCUT2D eigenvalue weighted by Gasteiger charge is -2.15. The fourth-order valence-corrected chi connectivity index (χ4v) is 2.59. The molecule has 0 aliphatic heterocycles. The van der Waals surface area contributed by atoms with E-state index in [-0.39, 0.29) is 6.61 Å². The van der Waals surface area contributed by atoms with E-state index < -0.39 is 5.63 Å². The van der Waals surface area contributed by atoms with E-state index in [1.165, 1.54) is 18.7 Å². The summed E-state index contributed by atoms with van der Waals surface area (Å²) < 4.78 is 22.0. The zero-order chi connectivity index (χ0) is 19.8. The molecule has 0 radical (unpaired) electrons. The molecule has 2 aromatic rings. The van der Waals surface area contributed by atoms with Crippen LogP contribution in [0.4, 0.5) is 0 Å². The third-order valence-electron chi connectivity index (χ3n) is 4.15. The zero-order valence-electron chi connectivity index (χ0n) is 16.2. The Balaban J connectivity index is 2.20. The van der Waals surface area contributed by atoms with Crippen LogP contribution < -0.4 is 19.8 Å². The molecule has 1 N–H and O–H groups in total. The van der Waals surface area contributed by atoms with Crippen molar-refractivity contribution < 1.29 is 23.7 Å². The molecule has 27 heavy (non-hydrogen) atoms. The van der Waals surface area contributed by atoms with Crippen molar-refractivity contribution in [3.05, 3.63) is 51.9 Å². The van der Waals surface area contributed by atoms with E-state index in [0.29, 0.717) is 34.8 Å². The molecule has 0 aliphatic rings. The molecule has 0 aliphatic carbocycles. The van der Waals surface area contributed by atoms with Crippen molar-refractivity contribution in [1.29, 1.82) is 0 Å². The summed E-state index contributed by atoms with van der Waals surface area (Å²) >= 11 is 0. The van der Waals surface area contributed by atoms with E-state index in [9.17, 15) is 4.79 Å². The summed E-state index contributed by atoms with van der Waals surface area (Å²) in [7, 11) is 3.04. The number of allylic oxidation sites excluding steroid dienone is 2. The van der Waals surface area contributed by atoms with Crippen LogP contribution in [0.1, 0.15) is 26.7 Å². The summed E-state index contributed by atoms with van der Waals surface area (Å²) in [6.07, 6.45) is 5.74. The van der Waals surface area contributed by atoms with Gasteiger partial charge in [0.15, 0.2) is 11.3 Å². The van der Waals surface area contributed by atoms with E-state index in [4.69, 9.17) is 23.7 Å². The predicted molar refractivity (Wildman–Crippen MR) is 105 cm³/mol. The molecule has 6 nitrogen and oxygen atoms in total. The van der Waals surface area contributed by atoms with E-state index >= 15 is 0 Å². The van der Waals surface area contributed by atoms with E-state index in [2.05, 4.69) is 0 Å². The van der Waals surface area contributed by atoms with Gasteiger partial charge in [-0.2, -0.15) is 0 Å². The van der Waals surface area contributed by atoms with Gasteiger partial charge in [-0.25, -0.2) is 4.79 Å². The molecule has 0 unspecified atom stereocenters. The third-order valence-corrected chi connectivity index (χ3v) is 4.15. The zero-order valence-corrected chi connectivity index (χ0v) is 16.2. The van der Waals surface area contributed by atoms with Gasteiger partial charge in [0.2, 0.25) is 11.5 Å². The third kappa shape index (κ3) is 5.37. The highest BCUT2D eigenvalue weighted by Crippen LogP contribution is 2.43. The molecule has 0 amide bonds. The Morgan fingerprint density at radius 3 is 2.56 bits per heavy atom. The second kappa shape index (κ2) is 9.83. The Bertz CT molecular complexity index is 891. The largest absolute Gasteiger partial charge is 0.493 e. The van der Waals surface area contributed by atoms with Crippen LogP contribution >= 0.6 is 0 Å². The molecule has 0 bridgehead atoms. The Morgan fingerprint density at radius 1 is 1.11 bits per heavy atom. The van der Waals surface area contributed by atoms with Gasteiger partial charge in [-0.3, -0.25) is 0 Å². The number of ether oxygens (including phenoxy) is 3. The summed E-state index contributed by atoms with van der Waals surface area (Å²) in [4.78, 5) is 11.6. The van der Waals surface area contributed by atoms with Crippen molar-refractivity contribution in [1.82, 2.24) is 0 Å². The minimum absolute atomic E-state index is 0.0869. The maximum Gasteiger partial charge on any atom is 0.336 e. The Labute approximate surface area is 158 Å². The monoisotopic (exact) mass is 374 g/mol. The normalized spacial score (nSPS) is 12.3. The van der Waals surface area contributed by atoms with Gasteiger partial charge in [0.1, 0.15) is 6.61 Å². The minimum atomic E-state index is -0.459. The smallest absolute Gasteiger partial charge is 0.336 e. The first-order valence-corrected chi connectivity index (χ1v) is 8.74. The molecule has 0 fully saturated rings. The first kappa shape index (κ1) is 20.6. The molecular formula is C21H26O6. The number of fused-ring (bicyclic) bond motifs is 1. The van der Waals surface area contributed by atoms with Gasteiger partial charge in [0, 0.05) is 11.5 Å². The molecule has 0 saturated heterocycles. The van der Waals surface area contributed by atoms with Gasteiger partial charge in [-0.15, -0.1) is 0 Å². The highest BCUT2D eigenvalue weighted by atomic mass is 16.5. The van der Waals surface area contributed by atoms with Crippen molar-refractivity contribution in [3.63, 3.8) is 0 Å². The van der Waals surface area contributed by atoms with Crippen LogP contribution in [-0.4, -0.2) is 32.5 Å². The topological polar surface area (TPSA) is 78.1 Å².